The molecule has 1 aliphatic rings. The van der Waals surface area contributed by atoms with E-state index in [1.807, 2.05) is 51.1 Å². The second-order valence-corrected chi connectivity index (χ2v) is 10.1. The lowest BCUT2D eigenvalue weighted by Crippen LogP contribution is -2.51. The topological polar surface area (TPSA) is 145 Å². The van der Waals surface area contributed by atoms with E-state index in [1.165, 1.54) is 0 Å². The average Bonchev–Trinajstić information content (AvgIpc) is 2.79. The van der Waals surface area contributed by atoms with Gasteiger partial charge >= 0.3 is 5.97 Å². The normalized spacial score (nSPS) is 16.8. The van der Waals surface area contributed by atoms with Gasteiger partial charge in [0.25, 0.3) is 0 Å². The monoisotopic (exact) mass is 503 g/mol. The molecule has 2 rings (SSSR count). The zero-order valence-corrected chi connectivity index (χ0v) is 21.5. The molecule has 0 radical (unpaired) electrons. The number of benzene rings is 1. The number of carboxylic acids is 1. The van der Waals surface area contributed by atoms with Crippen LogP contribution in [0, 0.1) is 17.8 Å². The molecule has 0 heterocycles. The first-order valence-corrected chi connectivity index (χ1v) is 12.9. The molecule has 1 aliphatic carbocycles. The van der Waals surface area contributed by atoms with Crippen LogP contribution in [-0.2, 0) is 25.6 Å². The van der Waals surface area contributed by atoms with Crippen LogP contribution < -0.4 is 16.0 Å². The van der Waals surface area contributed by atoms with E-state index in [1.54, 1.807) is 0 Å². The Kier molecular flexibility index (Phi) is 11.9. The van der Waals surface area contributed by atoms with Crippen molar-refractivity contribution in [2.24, 2.45) is 17.8 Å². The number of carbonyl (C=O) groups excluding carboxylic acids is 3. The lowest BCUT2D eigenvalue weighted by Gasteiger charge is -2.28. The van der Waals surface area contributed by atoms with Crippen LogP contribution in [0.5, 0.6) is 0 Å². The van der Waals surface area contributed by atoms with Crippen molar-refractivity contribution in [2.45, 2.75) is 83.9 Å². The van der Waals surface area contributed by atoms with Gasteiger partial charge < -0.3 is 26.2 Å². The minimum absolute atomic E-state index is 0.139. The highest BCUT2D eigenvalue weighted by Gasteiger charge is 2.32. The van der Waals surface area contributed by atoms with Gasteiger partial charge in [-0.2, -0.15) is 0 Å². The van der Waals surface area contributed by atoms with Gasteiger partial charge in [0.2, 0.25) is 17.7 Å². The number of carboxylic acid groups (broad SMARTS) is 1. The number of aliphatic carboxylic acids is 1. The molecule has 5 N–H and O–H groups in total. The van der Waals surface area contributed by atoms with E-state index in [0.717, 1.165) is 24.8 Å². The molecule has 1 saturated carbocycles. The van der Waals surface area contributed by atoms with Gasteiger partial charge in [0.1, 0.15) is 6.04 Å². The second kappa shape index (κ2) is 14.6. The number of carbonyl (C=O) groups is 4. The summed E-state index contributed by atoms with van der Waals surface area (Å²) in [6, 6.07) is 7.23. The lowest BCUT2D eigenvalue weighted by molar-refractivity contribution is -0.144. The summed E-state index contributed by atoms with van der Waals surface area (Å²) in [7, 11) is 0. The van der Waals surface area contributed by atoms with Gasteiger partial charge in [-0.3, -0.25) is 14.4 Å². The van der Waals surface area contributed by atoms with E-state index in [4.69, 9.17) is 0 Å². The predicted molar refractivity (Wildman–Crippen MR) is 136 cm³/mol. The third-order valence-electron chi connectivity index (χ3n) is 6.66. The largest absolute Gasteiger partial charge is 0.480 e. The summed E-state index contributed by atoms with van der Waals surface area (Å²) in [5, 5.41) is 28.7. The highest BCUT2D eigenvalue weighted by Crippen LogP contribution is 2.26. The Bertz CT molecular complexity index is 872. The number of rotatable bonds is 15. The first kappa shape index (κ1) is 29.3. The van der Waals surface area contributed by atoms with Crippen LogP contribution in [0.15, 0.2) is 30.3 Å². The van der Waals surface area contributed by atoms with E-state index in [-0.39, 0.29) is 24.2 Å². The van der Waals surface area contributed by atoms with Crippen LogP contribution in [-0.4, -0.2) is 58.6 Å². The first-order valence-electron chi connectivity index (χ1n) is 12.9. The molecular formula is C27H41N3O6. The number of amides is 3. The minimum Gasteiger partial charge on any atom is -0.480 e. The smallest absolute Gasteiger partial charge is 0.326 e. The van der Waals surface area contributed by atoms with E-state index >= 15 is 0 Å². The molecule has 200 valence electrons. The van der Waals surface area contributed by atoms with E-state index in [9.17, 15) is 29.4 Å². The molecule has 4 atom stereocenters. The molecule has 0 bridgehead atoms. The molecule has 9 heteroatoms. The van der Waals surface area contributed by atoms with Crippen LogP contribution in [0.1, 0.15) is 64.9 Å². The Hall–Kier alpha value is -2.94. The second-order valence-electron chi connectivity index (χ2n) is 10.1. The van der Waals surface area contributed by atoms with Crippen LogP contribution in [0.4, 0.5) is 0 Å². The summed E-state index contributed by atoms with van der Waals surface area (Å²) in [6.07, 6.45) is 1.89. The van der Waals surface area contributed by atoms with Gasteiger partial charge in [-0.05, 0) is 43.6 Å². The number of hydrogen-bond donors (Lipinski definition) is 5. The molecule has 0 saturated heterocycles. The molecule has 0 aliphatic heterocycles. The summed E-state index contributed by atoms with van der Waals surface area (Å²) in [5.41, 5.74) is 0.882. The molecule has 9 nitrogen and oxygen atoms in total. The average molecular weight is 504 g/mol. The molecular weight excluding hydrogens is 462 g/mol. The van der Waals surface area contributed by atoms with Crippen molar-refractivity contribution in [1.82, 2.24) is 16.0 Å². The van der Waals surface area contributed by atoms with Crippen molar-refractivity contribution in [3.63, 3.8) is 0 Å². The maximum Gasteiger partial charge on any atom is 0.326 e. The summed E-state index contributed by atoms with van der Waals surface area (Å²) < 4.78 is 0. The lowest BCUT2D eigenvalue weighted by atomic mass is 9.84. The Balaban J connectivity index is 2.07. The van der Waals surface area contributed by atoms with Crippen molar-refractivity contribution in [1.29, 1.82) is 0 Å². The van der Waals surface area contributed by atoms with Crippen LogP contribution in [0.25, 0.3) is 0 Å². The Morgan fingerprint density at radius 1 is 1.06 bits per heavy atom. The van der Waals surface area contributed by atoms with Crippen molar-refractivity contribution in [2.75, 3.05) is 6.54 Å². The number of aliphatic hydroxyl groups is 1. The van der Waals surface area contributed by atoms with Crippen molar-refractivity contribution < 1.29 is 29.4 Å². The molecule has 0 spiro atoms. The molecule has 0 aromatic heterocycles. The zero-order valence-electron chi connectivity index (χ0n) is 21.5. The number of hydrogen-bond acceptors (Lipinski definition) is 5. The highest BCUT2D eigenvalue weighted by atomic mass is 16.4. The Morgan fingerprint density at radius 3 is 2.25 bits per heavy atom. The molecule has 1 aromatic rings. The molecule has 1 fully saturated rings. The first-order chi connectivity index (χ1) is 17.1. The van der Waals surface area contributed by atoms with Gasteiger partial charge in [0.15, 0.2) is 0 Å². The van der Waals surface area contributed by atoms with Gasteiger partial charge in [0.05, 0.1) is 18.6 Å². The standard InChI is InChI=1S/C27H41N3O6/c1-4-19(25(33)28-16-17(2)3)14-23(31)21(13-18-9-6-5-7-10-18)29-24(32)15-22(27(35)36)30-26(34)20-11-8-12-20/h5-7,9-10,17,19-23,31H,4,8,11-16H2,1-3H3,(H,28,33)(H,29,32)(H,30,34)(H,35,36)/t19-,21+,22+,23+/m1/s1. The van der Waals surface area contributed by atoms with E-state index in [0.29, 0.717) is 25.3 Å². The Morgan fingerprint density at radius 2 is 1.72 bits per heavy atom. The molecule has 3 amide bonds. The van der Waals surface area contributed by atoms with Gasteiger partial charge in [-0.1, -0.05) is 57.5 Å². The molecule has 0 unspecified atom stereocenters. The van der Waals surface area contributed by atoms with Crippen molar-refractivity contribution in [3.05, 3.63) is 35.9 Å². The van der Waals surface area contributed by atoms with Crippen LogP contribution >= 0.6 is 0 Å². The fourth-order valence-corrected chi connectivity index (χ4v) is 4.13. The SMILES string of the molecule is CC[C@H](C[C@H](O)[C@H](Cc1ccccc1)NC(=O)C[C@H](NC(=O)C1CCC1)C(=O)O)C(=O)NCC(C)C. The van der Waals surface area contributed by atoms with Crippen molar-refractivity contribution >= 4 is 23.7 Å². The molecule has 36 heavy (non-hydrogen) atoms. The summed E-state index contributed by atoms with van der Waals surface area (Å²) in [5.74, 6) is -2.69. The van der Waals surface area contributed by atoms with Gasteiger partial charge in [-0.25, -0.2) is 4.79 Å². The van der Waals surface area contributed by atoms with Crippen LogP contribution in [0.3, 0.4) is 0 Å². The number of aliphatic hydroxyl groups excluding tert-OH is 1. The van der Waals surface area contributed by atoms with E-state index in [2.05, 4.69) is 16.0 Å². The van der Waals surface area contributed by atoms with Gasteiger partial charge in [0, 0.05) is 18.4 Å². The quantitative estimate of drug-likeness (QED) is 0.248. The minimum atomic E-state index is -1.35. The predicted octanol–water partition coefficient (Wildman–Crippen LogP) is 2.02. The fourth-order valence-electron chi connectivity index (χ4n) is 4.13. The van der Waals surface area contributed by atoms with Crippen molar-refractivity contribution in [3.8, 4) is 0 Å². The molecule has 1 aromatic carbocycles. The number of nitrogens with one attached hydrogen (secondary N) is 3. The van der Waals surface area contributed by atoms with Gasteiger partial charge in [-0.15, -0.1) is 0 Å². The summed E-state index contributed by atoms with van der Waals surface area (Å²) in [6.45, 7) is 6.42. The maximum atomic E-state index is 12.8. The zero-order chi connectivity index (χ0) is 26.7. The third-order valence-corrected chi connectivity index (χ3v) is 6.66. The third kappa shape index (κ3) is 9.60. The summed E-state index contributed by atoms with van der Waals surface area (Å²) >= 11 is 0. The fraction of sp³-hybridized carbons (Fsp3) is 0.630. The highest BCUT2D eigenvalue weighted by molar-refractivity contribution is 5.89. The summed E-state index contributed by atoms with van der Waals surface area (Å²) in [4.78, 5) is 49.4. The van der Waals surface area contributed by atoms with E-state index < -0.39 is 42.4 Å². The maximum absolute atomic E-state index is 12.8. The van der Waals surface area contributed by atoms with Crippen LogP contribution in [0.2, 0.25) is 0 Å². The Labute approximate surface area is 213 Å².